The number of aliphatic hydroxyl groups is 1. The maximum absolute atomic E-state index is 9.62. The first-order valence-corrected chi connectivity index (χ1v) is 5.75. The van der Waals surface area contributed by atoms with Gasteiger partial charge in [0.2, 0.25) is 5.79 Å². The van der Waals surface area contributed by atoms with Crippen LogP contribution in [-0.2, 0) is 11.3 Å². The zero-order valence-corrected chi connectivity index (χ0v) is 10.1. The molecule has 0 aromatic heterocycles. The van der Waals surface area contributed by atoms with Crippen molar-refractivity contribution in [3.63, 3.8) is 0 Å². The molecule has 0 aliphatic carbocycles. The lowest BCUT2D eigenvalue weighted by Crippen LogP contribution is -2.35. The standard InChI is InChI=1S/C12H15ClO3/c1-12(2)15-7-9-5-8(10(14)6-13)3-4-11(9)16-12/h3-5,10,14H,6-7H2,1-2H3. The lowest BCUT2D eigenvalue weighted by Gasteiger charge is -2.32. The van der Waals surface area contributed by atoms with E-state index in [0.29, 0.717) is 6.61 Å². The third kappa shape index (κ3) is 2.32. The zero-order valence-electron chi connectivity index (χ0n) is 9.37. The summed E-state index contributed by atoms with van der Waals surface area (Å²) in [6.45, 7) is 4.24. The monoisotopic (exact) mass is 242 g/mol. The highest BCUT2D eigenvalue weighted by molar-refractivity contribution is 6.18. The number of halogens is 1. The van der Waals surface area contributed by atoms with Crippen molar-refractivity contribution in [2.75, 3.05) is 5.88 Å². The second-order valence-electron chi connectivity index (χ2n) is 4.33. The van der Waals surface area contributed by atoms with Crippen LogP contribution in [0.5, 0.6) is 5.75 Å². The average Bonchev–Trinajstić information content (AvgIpc) is 2.26. The Morgan fingerprint density at radius 3 is 2.94 bits per heavy atom. The van der Waals surface area contributed by atoms with E-state index < -0.39 is 11.9 Å². The predicted molar refractivity (Wildman–Crippen MR) is 61.6 cm³/mol. The van der Waals surface area contributed by atoms with E-state index in [-0.39, 0.29) is 5.88 Å². The first-order chi connectivity index (χ1) is 7.52. The molecule has 0 spiro atoms. The summed E-state index contributed by atoms with van der Waals surface area (Å²) in [7, 11) is 0. The van der Waals surface area contributed by atoms with Gasteiger partial charge in [-0.1, -0.05) is 6.07 Å². The second-order valence-corrected chi connectivity index (χ2v) is 4.64. The lowest BCUT2D eigenvalue weighted by atomic mass is 10.1. The smallest absolute Gasteiger partial charge is 0.205 e. The minimum absolute atomic E-state index is 0.187. The maximum Gasteiger partial charge on any atom is 0.205 e. The van der Waals surface area contributed by atoms with Crippen molar-refractivity contribution < 1.29 is 14.6 Å². The van der Waals surface area contributed by atoms with Gasteiger partial charge in [-0.25, -0.2) is 0 Å². The molecule has 3 nitrogen and oxygen atoms in total. The highest BCUT2D eigenvalue weighted by Crippen LogP contribution is 2.32. The summed E-state index contributed by atoms with van der Waals surface area (Å²) in [5, 5.41) is 9.62. The number of aliphatic hydroxyl groups excluding tert-OH is 1. The van der Waals surface area contributed by atoms with Crippen molar-refractivity contribution in [2.45, 2.75) is 32.3 Å². The van der Waals surface area contributed by atoms with E-state index in [4.69, 9.17) is 21.1 Å². The zero-order chi connectivity index (χ0) is 11.8. The summed E-state index contributed by atoms with van der Waals surface area (Å²) >= 11 is 5.60. The molecule has 16 heavy (non-hydrogen) atoms. The van der Waals surface area contributed by atoms with Gasteiger partial charge in [0.05, 0.1) is 18.6 Å². The van der Waals surface area contributed by atoms with Crippen molar-refractivity contribution in [3.05, 3.63) is 29.3 Å². The van der Waals surface area contributed by atoms with Crippen LogP contribution in [0.15, 0.2) is 18.2 Å². The van der Waals surface area contributed by atoms with E-state index >= 15 is 0 Å². The van der Waals surface area contributed by atoms with Gasteiger partial charge in [0.1, 0.15) is 5.75 Å². The largest absolute Gasteiger partial charge is 0.463 e. The lowest BCUT2D eigenvalue weighted by molar-refractivity contribution is -0.180. The van der Waals surface area contributed by atoms with E-state index in [0.717, 1.165) is 16.9 Å². The van der Waals surface area contributed by atoms with E-state index in [9.17, 15) is 5.11 Å². The highest BCUT2D eigenvalue weighted by Gasteiger charge is 2.27. The number of hydrogen-bond acceptors (Lipinski definition) is 3. The molecule has 0 amide bonds. The van der Waals surface area contributed by atoms with Crippen LogP contribution in [0, 0.1) is 0 Å². The van der Waals surface area contributed by atoms with Gasteiger partial charge in [-0.05, 0) is 17.7 Å². The molecule has 0 radical (unpaired) electrons. The molecule has 1 aromatic carbocycles. The Hall–Kier alpha value is -0.770. The maximum atomic E-state index is 9.62. The Morgan fingerprint density at radius 2 is 2.25 bits per heavy atom. The van der Waals surface area contributed by atoms with E-state index in [1.165, 1.54) is 0 Å². The Kier molecular flexibility index (Phi) is 3.10. The minimum Gasteiger partial charge on any atom is -0.463 e. The van der Waals surface area contributed by atoms with Crippen LogP contribution in [0.1, 0.15) is 31.1 Å². The fraction of sp³-hybridized carbons (Fsp3) is 0.500. The van der Waals surface area contributed by atoms with E-state index in [2.05, 4.69) is 0 Å². The van der Waals surface area contributed by atoms with Gasteiger partial charge in [-0.3, -0.25) is 0 Å². The Balaban J connectivity index is 2.28. The molecule has 1 heterocycles. The van der Waals surface area contributed by atoms with Gasteiger partial charge in [-0.2, -0.15) is 0 Å². The second kappa shape index (κ2) is 4.24. The Morgan fingerprint density at radius 1 is 1.50 bits per heavy atom. The molecule has 1 aliphatic rings. The Bertz CT molecular complexity index is 390. The van der Waals surface area contributed by atoms with Crippen molar-refractivity contribution in [1.29, 1.82) is 0 Å². The summed E-state index contributed by atoms with van der Waals surface area (Å²) in [6, 6.07) is 5.55. The molecule has 1 unspecified atom stereocenters. The molecule has 0 saturated heterocycles. The van der Waals surface area contributed by atoms with E-state index in [1.54, 1.807) is 0 Å². The van der Waals surface area contributed by atoms with Crippen LogP contribution in [0.25, 0.3) is 0 Å². The molecule has 0 fully saturated rings. The molecule has 0 bridgehead atoms. The van der Waals surface area contributed by atoms with Gasteiger partial charge >= 0.3 is 0 Å². The van der Waals surface area contributed by atoms with Gasteiger partial charge in [0, 0.05) is 19.4 Å². The fourth-order valence-electron chi connectivity index (χ4n) is 1.65. The number of fused-ring (bicyclic) bond motifs is 1. The molecule has 2 rings (SSSR count). The summed E-state index contributed by atoms with van der Waals surface area (Å²) in [6.07, 6.45) is -0.637. The van der Waals surface area contributed by atoms with E-state index in [1.807, 2.05) is 32.0 Å². The first-order valence-electron chi connectivity index (χ1n) is 5.22. The number of hydrogen-bond donors (Lipinski definition) is 1. The number of benzene rings is 1. The van der Waals surface area contributed by atoms with Gasteiger partial charge in [0.15, 0.2) is 0 Å². The van der Waals surface area contributed by atoms with Crippen LogP contribution in [0.4, 0.5) is 0 Å². The third-order valence-corrected chi connectivity index (χ3v) is 2.84. The molecule has 0 saturated carbocycles. The summed E-state index contributed by atoms with van der Waals surface area (Å²) < 4.78 is 11.2. The quantitative estimate of drug-likeness (QED) is 0.811. The third-order valence-electron chi connectivity index (χ3n) is 2.55. The number of alkyl halides is 1. The van der Waals surface area contributed by atoms with Crippen molar-refractivity contribution in [2.24, 2.45) is 0 Å². The average molecular weight is 243 g/mol. The van der Waals surface area contributed by atoms with Gasteiger partial charge in [-0.15, -0.1) is 11.6 Å². The molecule has 1 atom stereocenters. The van der Waals surface area contributed by atoms with Gasteiger partial charge < -0.3 is 14.6 Å². The van der Waals surface area contributed by atoms with Crippen LogP contribution >= 0.6 is 11.6 Å². The topological polar surface area (TPSA) is 38.7 Å². The van der Waals surface area contributed by atoms with Crippen LogP contribution in [-0.4, -0.2) is 16.8 Å². The van der Waals surface area contributed by atoms with Crippen LogP contribution in [0.3, 0.4) is 0 Å². The van der Waals surface area contributed by atoms with Crippen molar-refractivity contribution in [1.82, 2.24) is 0 Å². The summed E-state index contributed by atoms with van der Waals surface area (Å²) in [4.78, 5) is 0. The normalized spacial score (nSPS) is 19.8. The molecule has 4 heteroatoms. The first kappa shape index (κ1) is 11.7. The minimum atomic E-state index is -0.637. The van der Waals surface area contributed by atoms with Gasteiger partial charge in [0.25, 0.3) is 0 Å². The van der Waals surface area contributed by atoms with Crippen LogP contribution < -0.4 is 4.74 Å². The van der Waals surface area contributed by atoms with Crippen molar-refractivity contribution >= 4 is 11.6 Å². The molecular weight excluding hydrogens is 228 g/mol. The number of rotatable bonds is 2. The highest BCUT2D eigenvalue weighted by atomic mass is 35.5. The molecule has 1 aromatic rings. The molecule has 88 valence electrons. The molecule has 1 N–H and O–H groups in total. The predicted octanol–water partition coefficient (Wildman–Crippen LogP) is 2.60. The summed E-state index contributed by atoms with van der Waals surface area (Å²) in [5.74, 6) is 0.410. The molecular formula is C12H15ClO3. The fourth-order valence-corrected chi connectivity index (χ4v) is 1.83. The van der Waals surface area contributed by atoms with Crippen molar-refractivity contribution in [3.8, 4) is 5.75 Å². The summed E-state index contributed by atoms with van der Waals surface area (Å²) in [5.41, 5.74) is 1.74. The number of ether oxygens (including phenoxy) is 2. The van der Waals surface area contributed by atoms with Crippen LogP contribution in [0.2, 0.25) is 0 Å². The Labute approximate surface area is 99.9 Å². The molecule has 1 aliphatic heterocycles. The SMILES string of the molecule is CC1(C)OCc2cc(C(O)CCl)ccc2O1.